The van der Waals surface area contributed by atoms with Gasteiger partial charge in [0, 0.05) is 38.0 Å². The third-order valence-corrected chi connectivity index (χ3v) is 3.36. The van der Waals surface area contributed by atoms with Gasteiger partial charge in [0.25, 0.3) is 0 Å². The van der Waals surface area contributed by atoms with Crippen LogP contribution in [0.1, 0.15) is 29.8 Å². The van der Waals surface area contributed by atoms with Crippen LogP contribution in [0, 0.1) is 13.8 Å². The lowest BCUT2D eigenvalue weighted by Gasteiger charge is -2.10. The summed E-state index contributed by atoms with van der Waals surface area (Å²) in [5.41, 5.74) is 3.69. The molecule has 0 amide bonds. The second kappa shape index (κ2) is 4.97. The summed E-state index contributed by atoms with van der Waals surface area (Å²) in [4.78, 5) is 0. The largest absolute Gasteiger partial charge is 0.377 e. The molecular formula is C12H21N3O. The molecular weight excluding hydrogens is 202 g/mol. The maximum absolute atomic E-state index is 5.57. The van der Waals surface area contributed by atoms with Crippen molar-refractivity contribution < 1.29 is 4.74 Å². The summed E-state index contributed by atoms with van der Waals surface area (Å²) in [7, 11) is 1.99. The molecule has 0 radical (unpaired) electrons. The Morgan fingerprint density at radius 2 is 2.31 bits per heavy atom. The Kier molecular flexibility index (Phi) is 3.61. The van der Waals surface area contributed by atoms with Gasteiger partial charge in [-0.2, -0.15) is 5.10 Å². The molecule has 0 spiro atoms. The Labute approximate surface area is 97.0 Å². The van der Waals surface area contributed by atoms with Crippen LogP contribution in [0.15, 0.2) is 0 Å². The lowest BCUT2D eigenvalue weighted by molar-refractivity contribution is 0.110. The van der Waals surface area contributed by atoms with Crippen molar-refractivity contribution in [1.82, 2.24) is 15.1 Å². The van der Waals surface area contributed by atoms with Crippen LogP contribution in [0.5, 0.6) is 0 Å². The maximum Gasteiger partial charge on any atom is 0.0700 e. The minimum Gasteiger partial charge on any atom is -0.377 e. The highest BCUT2D eigenvalue weighted by Gasteiger charge is 2.15. The van der Waals surface area contributed by atoms with Crippen LogP contribution in [0.2, 0.25) is 0 Å². The van der Waals surface area contributed by atoms with Crippen molar-refractivity contribution in [2.45, 2.75) is 39.3 Å². The predicted octanol–water partition coefficient (Wildman–Crippen LogP) is 1.31. The van der Waals surface area contributed by atoms with E-state index >= 15 is 0 Å². The topological polar surface area (TPSA) is 39.1 Å². The first-order valence-corrected chi connectivity index (χ1v) is 6.00. The van der Waals surface area contributed by atoms with Crippen molar-refractivity contribution in [3.63, 3.8) is 0 Å². The van der Waals surface area contributed by atoms with Crippen LogP contribution >= 0.6 is 0 Å². The molecule has 4 nitrogen and oxygen atoms in total. The van der Waals surface area contributed by atoms with Gasteiger partial charge >= 0.3 is 0 Å². The Balaban J connectivity index is 1.84. The second-order valence-corrected chi connectivity index (χ2v) is 4.54. The number of hydrogen-bond donors (Lipinski definition) is 1. The van der Waals surface area contributed by atoms with Gasteiger partial charge in [-0.3, -0.25) is 4.68 Å². The number of hydrogen-bond acceptors (Lipinski definition) is 3. The Hall–Kier alpha value is -0.870. The van der Waals surface area contributed by atoms with Gasteiger partial charge in [-0.15, -0.1) is 0 Å². The van der Waals surface area contributed by atoms with Crippen LogP contribution in [-0.2, 0) is 18.3 Å². The smallest absolute Gasteiger partial charge is 0.0700 e. The van der Waals surface area contributed by atoms with E-state index < -0.39 is 0 Å². The predicted molar refractivity (Wildman–Crippen MR) is 63.4 cm³/mol. The van der Waals surface area contributed by atoms with Crippen molar-refractivity contribution in [3.05, 3.63) is 17.0 Å². The van der Waals surface area contributed by atoms with E-state index in [0.29, 0.717) is 6.10 Å². The molecule has 0 saturated carbocycles. The summed E-state index contributed by atoms with van der Waals surface area (Å²) in [5.74, 6) is 0. The number of ether oxygens (including phenoxy) is 1. The molecule has 0 aliphatic carbocycles. The van der Waals surface area contributed by atoms with E-state index in [-0.39, 0.29) is 0 Å². The molecule has 90 valence electrons. The van der Waals surface area contributed by atoms with Gasteiger partial charge in [-0.05, 0) is 26.7 Å². The van der Waals surface area contributed by atoms with Gasteiger partial charge in [-0.1, -0.05) is 0 Å². The van der Waals surface area contributed by atoms with E-state index in [1.54, 1.807) is 0 Å². The summed E-state index contributed by atoms with van der Waals surface area (Å²) in [6.45, 7) is 6.95. The van der Waals surface area contributed by atoms with Gasteiger partial charge in [0.1, 0.15) is 0 Å². The first-order valence-electron chi connectivity index (χ1n) is 6.00. The van der Waals surface area contributed by atoms with Crippen LogP contribution in [-0.4, -0.2) is 29.0 Å². The average molecular weight is 223 g/mol. The first-order chi connectivity index (χ1) is 7.68. The molecule has 0 bridgehead atoms. The minimum absolute atomic E-state index is 0.414. The third-order valence-electron chi connectivity index (χ3n) is 3.36. The first kappa shape index (κ1) is 11.6. The molecule has 16 heavy (non-hydrogen) atoms. The highest BCUT2D eigenvalue weighted by Crippen LogP contribution is 2.13. The van der Waals surface area contributed by atoms with Gasteiger partial charge < -0.3 is 10.1 Å². The summed E-state index contributed by atoms with van der Waals surface area (Å²) in [6, 6.07) is 0. The molecule has 1 saturated heterocycles. The molecule has 2 rings (SSSR count). The number of nitrogens with one attached hydrogen (secondary N) is 1. The maximum atomic E-state index is 5.57. The molecule has 0 aromatic carbocycles. The Morgan fingerprint density at radius 1 is 1.50 bits per heavy atom. The summed E-state index contributed by atoms with van der Waals surface area (Å²) in [6.07, 6.45) is 2.81. The monoisotopic (exact) mass is 223 g/mol. The van der Waals surface area contributed by atoms with Crippen LogP contribution in [0.4, 0.5) is 0 Å². The normalized spacial score (nSPS) is 20.6. The van der Waals surface area contributed by atoms with Crippen molar-refractivity contribution in [3.8, 4) is 0 Å². The van der Waals surface area contributed by atoms with Gasteiger partial charge in [0.2, 0.25) is 0 Å². The fraction of sp³-hybridized carbons (Fsp3) is 0.750. The molecule has 1 aromatic rings. The fourth-order valence-electron chi connectivity index (χ4n) is 2.24. The van der Waals surface area contributed by atoms with Crippen LogP contribution < -0.4 is 5.32 Å². The summed E-state index contributed by atoms with van der Waals surface area (Å²) >= 11 is 0. The highest BCUT2D eigenvalue weighted by molar-refractivity contribution is 5.23. The number of rotatable bonds is 4. The summed E-state index contributed by atoms with van der Waals surface area (Å²) < 4.78 is 7.52. The van der Waals surface area contributed by atoms with Crippen molar-refractivity contribution in [1.29, 1.82) is 0 Å². The minimum atomic E-state index is 0.414. The number of aromatic nitrogens is 2. The molecule has 1 aromatic heterocycles. The van der Waals surface area contributed by atoms with Gasteiger partial charge in [0.15, 0.2) is 0 Å². The lowest BCUT2D eigenvalue weighted by atomic mass is 10.2. The Morgan fingerprint density at radius 3 is 2.88 bits per heavy atom. The van der Waals surface area contributed by atoms with Crippen LogP contribution in [0.25, 0.3) is 0 Å². The van der Waals surface area contributed by atoms with E-state index in [9.17, 15) is 0 Å². The van der Waals surface area contributed by atoms with E-state index in [2.05, 4.69) is 24.3 Å². The zero-order valence-corrected chi connectivity index (χ0v) is 10.4. The number of nitrogens with zero attached hydrogens (tertiary/aromatic N) is 2. The fourth-order valence-corrected chi connectivity index (χ4v) is 2.24. The zero-order valence-electron chi connectivity index (χ0n) is 10.4. The molecule has 1 aliphatic rings. The van der Waals surface area contributed by atoms with E-state index in [4.69, 9.17) is 4.74 Å². The zero-order chi connectivity index (χ0) is 11.5. The highest BCUT2D eigenvalue weighted by atomic mass is 16.5. The van der Waals surface area contributed by atoms with E-state index in [1.165, 1.54) is 24.1 Å². The van der Waals surface area contributed by atoms with Crippen LogP contribution in [0.3, 0.4) is 0 Å². The SMILES string of the molecule is Cc1nn(C)c(C)c1CNCC1CCCO1. The standard InChI is InChI=1S/C12H21N3O/c1-9-12(10(2)15(3)14-9)8-13-7-11-5-4-6-16-11/h11,13H,4-8H2,1-3H3. The van der Waals surface area contributed by atoms with Crippen molar-refractivity contribution in [2.75, 3.05) is 13.2 Å². The van der Waals surface area contributed by atoms with Gasteiger partial charge in [-0.25, -0.2) is 0 Å². The van der Waals surface area contributed by atoms with Gasteiger partial charge in [0.05, 0.1) is 11.8 Å². The lowest BCUT2D eigenvalue weighted by Crippen LogP contribution is -2.26. The quantitative estimate of drug-likeness (QED) is 0.836. The summed E-state index contributed by atoms with van der Waals surface area (Å²) in [5, 5.41) is 7.87. The molecule has 1 unspecified atom stereocenters. The average Bonchev–Trinajstić information content (AvgIpc) is 2.82. The molecule has 4 heteroatoms. The van der Waals surface area contributed by atoms with E-state index in [0.717, 1.165) is 25.4 Å². The third kappa shape index (κ3) is 2.44. The Bertz CT molecular complexity index is 353. The molecule has 1 N–H and O–H groups in total. The molecule has 1 aliphatic heterocycles. The molecule has 1 atom stereocenters. The second-order valence-electron chi connectivity index (χ2n) is 4.54. The number of aryl methyl sites for hydroxylation is 2. The van der Waals surface area contributed by atoms with Crippen molar-refractivity contribution >= 4 is 0 Å². The van der Waals surface area contributed by atoms with E-state index in [1.807, 2.05) is 11.7 Å². The molecule has 2 heterocycles. The molecule has 1 fully saturated rings. The van der Waals surface area contributed by atoms with Crippen molar-refractivity contribution in [2.24, 2.45) is 7.05 Å².